The maximum absolute atomic E-state index is 13.7. The topological polar surface area (TPSA) is 72.9 Å². The Balaban J connectivity index is 1.84. The number of nitrogens with zero attached hydrogens (tertiary/aromatic N) is 2. The van der Waals surface area contributed by atoms with Crippen molar-refractivity contribution in [2.75, 3.05) is 12.3 Å². The van der Waals surface area contributed by atoms with Crippen LogP contribution in [0.5, 0.6) is 0 Å². The van der Waals surface area contributed by atoms with Crippen molar-refractivity contribution in [3.63, 3.8) is 0 Å². The predicted octanol–water partition coefficient (Wildman–Crippen LogP) is 1.73. The van der Waals surface area contributed by atoms with Crippen molar-refractivity contribution in [1.82, 2.24) is 15.1 Å². The van der Waals surface area contributed by atoms with E-state index in [2.05, 4.69) is 10.4 Å². The number of para-hydroxylation sites is 1. The van der Waals surface area contributed by atoms with E-state index in [0.717, 1.165) is 12.8 Å². The van der Waals surface area contributed by atoms with E-state index in [1.54, 1.807) is 18.2 Å². The number of anilines is 1. The van der Waals surface area contributed by atoms with Gasteiger partial charge in [-0.05, 0) is 30.9 Å². The zero-order chi connectivity index (χ0) is 14.1. The molecule has 3 rings (SSSR count). The number of halogens is 1. The van der Waals surface area contributed by atoms with Crippen molar-refractivity contribution in [1.29, 1.82) is 0 Å². The molecule has 5 nitrogen and oxygen atoms in total. The number of nitrogens with one attached hydrogen (secondary N) is 1. The van der Waals surface area contributed by atoms with Gasteiger partial charge in [-0.2, -0.15) is 5.10 Å². The first kappa shape index (κ1) is 12.7. The van der Waals surface area contributed by atoms with E-state index in [1.165, 1.54) is 16.9 Å². The summed E-state index contributed by atoms with van der Waals surface area (Å²) in [6.45, 7) is 0.656. The van der Waals surface area contributed by atoms with Gasteiger partial charge in [0.05, 0.1) is 6.20 Å². The van der Waals surface area contributed by atoms with Crippen molar-refractivity contribution >= 4 is 11.7 Å². The lowest BCUT2D eigenvalue weighted by atomic mass is 10.2. The van der Waals surface area contributed by atoms with Crippen LogP contribution in [0.25, 0.3) is 5.69 Å². The number of hydrogen-bond acceptors (Lipinski definition) is 3. The Morgan fingerprint density at radius 3 is 2.90 bits per heavy atom. The van der Waals surface area contributed by atoms with E-state index < -0.39 is 5.82 Å². The summed E-state index contributed by atoms with van der Waals surface area (Å²) in [5.74, 6) is 0.0226. The van der Waals surface area contributed by atoms with E-state index in [1.807, 2.05) is 0 Å². The van der Waals surface area contributed by atoms with Gasteiger partial charge in [0.1, 0.15) is 22.9 Å². The Labute approximate surface area is 115 Å². The number of amides is 1. The number of nitrogens with two attached hydrogens (primary N) is 1. The average molecular weight is 274 g/mol. The summed E-state index contributed by atoms with van der Waals surface area (Å²) in [6, 6.07) is 6.15. The highest BCUT2D eigenvalue weighted by Crippen LogP contribution is 2.27. The van der Waals surface area contributed by atoms with Gasteiger partial charge in [0, 0.05) is 6.54 Å². The van der Waals surface area contributed by atoms with Crippen molar-refractivity contribution in [2.24, 2.45) is 5.92 Å². The third-order valence-corrected chi connectivity index (χ3v) is 3.38. The molecule has 0 bridgehead atoms. The molecule has 20 heavy (non-hydrogen) atoms. The second kappa shape index (κ2) is 4.96. The summed E-state index contributed by atoms with van der Waals surface area (Å²) in [4.78, 5) is 12.0. The Morgan fingerprint density at radius 2 is 2.20 bits per heavy atom. The molecule has 1 aliphatic carbocycles. The minimum absolute atomic E-state index is 0.142. The molecule has 1 heterocycles. The quantitative estimate of drug-likeness (QED) is 0.891. The fourth-order valence-electron chi connectivity index (χ4n) is 2.00. The third kappa shape index (κ3) is 2.36. The molecule has 0 spiro atoms. The van der Waals surface area contributed by atoms with E-state index in [-0.39, 0.29) is 23.0 Å². The van der Waals surface area contributed by atoms with Gasteiger partial charge in [-0.1, -0.05) is 12.1 Å². The fourth-order valence-corrected chi connectivity index (χ4v) is 2.00. The van der Waals surface area contributed by atoms with Crippen LogP contribution < -0.4 is 11.1 Å². The summed E-state index contributed by atoms with van der Waals surface area (Å²) >= 11 is 0. The Bertz CT molecular complexity index is 648. The second-order valence-corrected chi connectivity index (χ2v) is 4.96. The first-order valence-electron chi connectivity index (χ1n) is 6.53. The fraction of sp³-hybridized carbons (Fsp3) is 0.286. The van der Waals surface area contributed by atoms with Crippen LogP contribution >= 0.6 is 0 Å². The smallest absolute Gasteiger partial charge is 0.256 e. The molecule has 0 aliphatic heterocycles. The number of carbonyl (C=O) groups is 1. The van der Waals surface area contributed by atoms with Gasteiger partial charge in [0.25, 0.3) is 5.91 Å². The molecule has 0 atom stereocenters. The van der Waals surface area contributed by atoms with Crippen LogP contribution in [0, 0.1) is 11.7 Å². The summed E-state index contributed by atoms with van der Waals surface area (Å²) < 4.78 is 14.9. The normalized spacial score (nSPS) is 14.2. The minimum atomic E-state index is -0.438. The maximum Gasteiger partial charge on any atom is 0.256 e. The summed E-state index contributed by atoms with van der Waals surface area (Å²) in [6.07, 6.45) is 3.68. The molecular formula is C14H15FN4O. The molecule has 3 N–H and O–H groups in total. The summed E-state index contributed by atoms with van der Waals surface area (Å²) in [5.41, 5.74) is 6.40. The molecule has 1 amide bonds. The SMILES string of the molecule is Nc1c(C(=O)NCC2CC2)cnn1-c1ccccc1F. The van der Waals surface area contributed by atoms with Crippen molar-refractivity contribution in [3.8, 4) is 5.69 Å². The number of benzene rings is 1. The van der Waals surface area contributed by atoms with E-state index in [0.29, 0.717) is 12.5 Å². The van der Waals surface area contributed by atoms with Crippen LogP contribution in [-0.2, 0) is 0 Å². The van der Waals surface area contributed by atoms with E-state index in [9.17, 15) is 9.18 Å². The van der Waals surface area contributed by atoms with Gasteiger partial charge >= 0.3 is 0 Å². The second-order valence-electron chi connectivity index (χ2n) is 4.96. The number of aromatic nitrogens is 2. The average Bonchev–Trinajstić information content (AvgIpc) is 3.19. The van der Waals surface area contributed by atoms with E-state index in [4.69, 9.17) is 5.73 Å². The maximum atomic E-state index is 13.7. The Kier molecular flexibility index (Phi) is 3.14. The minimum Gasteiger partial charge on any atom is -0.383 e. The number of rotatable bonds is 4. The van der Waals surface area contributed by atoms with Gasteiger partial charge in [0.2, 0.25) is 0 Å². The van der Waals surface area contributed by atoms with Crippen molar-refractivity contribution in [2.45, 2.75) is 12.8 Å². The van der Waals surface area contributed by atoms with Crippen molar-refractivity contribution < 1.29 is 9.18 Å². The van der Waals surface area contributed by atoms with Gasteiger partial charge in [-0.25, -0.2) is 9.07 Å². The summed E-state index contributed by atoms with van der Waals surface area (Å²) in [5, 5.41) is 6.82. The molecular weight excluding hydrogens is 259 g/mol. The number of nitrogen functional groups attached to an aromatic ring is 1. The molecule has 0 radical (unpaired) electrons. The highest BCUT2D eigenvalue weighted by Gasteiger charge is 2.23. The number of carbonyl (C=O) groups excluding carboxylic acids is 1. The molecule has 1 fully saturated rings. The van der Waals surface area contributed by atoms with Crippen molar-refractivity contribution in [3.05, 3.63) is 41.8 Å². The van der Waals surface area contributed by atoms with Gasteiger partial charge < -0.3 is 11.1 Å². The first-order valence-corrected chi connectivity index (χ1v) is 6.53. The highest BCUT2D eigenvalue weighted by molar-refractivity contribution is 5.98. The van der Waals surface area contributed by atoms with Crippen LogP contribution in [0.2, 0.25) is 0 Å². The lowest BCUT2D eigenvalue weighted by Crippen LogP contribution is -2.26. The van der Waals surface area contributed by atoms with Gasteiger partial charge in [0.15, 0.2) is 0 Å². The monoisotopic (exact) mass is 274 g/mol. The molecule has 104 valence electrons. The molecule has 1 saturated carbocycles. The van der Waals surface area contributed by atoms with Crippen LogP contribution in [0.15, 0.2) is 30.5 Å². The molecule has 2 aromatic rings. The zero-order valence-corrected chi connectivity index (χ0v) is 10.8. The molecule has 0 saturated heterocycles. The molecule has 1 aromatic heterocycles. The lowest BCUT2D eigenvalue weighted by Gasteiger charge is -2.06. The van der Waals surface area contributed by atoms with Crippen LogP contribution in [0.4, 0.5) is 10.2 Å². The summed E-state index contributed by atoms with van der Waals surface area (Å²) in [7, 11) is 0. The van der Waals surface area contributed by atoms with Gasteiger partial charge in [-0.15, -0.1) is 0 Å². The standard InChI is InChI=1S/C14H15FN4O/c15-11-3-1-2-4-12(11)19-13(16)10(8-18-19)14(20)17-7-9-5-6-9/h1-4,8-9H,5-7,16H2,(H,17,20). The molecule has 0 unspecified atom stereocenters. The third-order valence-electron chi connectivity index (χ3n) is 3.38. The molecule has 6 heteroatoms. The van der Waals surface area contributed by atoms with Crippen LogP contribution in [0.1, 0.15) is 23.2 Å². The lowest BCUT2D eigenvalue weighted by molar-refractivity contribution is 0.0952. The molecule has 1 aromatic carbocycles. The van der Waals surface area contributed by atoms with Crippen LogP contribution in [-0.4, -0.2) is 22.2 Å². The zero-order valence-electron chi connectivity index (χ0n) is 10.8. The largest absolute Gasteiger partial charge is 0.383 e. The Hall–Kier alpha value is -2.37. The Morgan fingerprint density at radius 1 is 1.45 bits per heavy atom. The van der Waals surface area contributed by atoms with E-state index >= 15 is 0 Å². The molecule has 1 aliphatic rings. The highest BCUT2D eigenvalue weighted by atomic mass is 19.1. The first-order chi connectivity index (χ1) is 9.66. The van der Waals surface area contributed by atoms with Gasteiger partial charge in [-0.3, -0.25) is 4.79 Å². The number of hydrogen-bond donors (Lipinski definition) is 2. The van der Waals surface area contributed by atoms with Crippen LogP contribution in [0.3, 0.4) is 0 Å². The predicted molar refractivity (Wildman–Crippen MR) is 73.0 cm³/mol.